The van der Waals surface area contributed by atoms with Crippen LogP contribution in [-0.4, -0.2) is 469 Å². The van der Waals surface area contributed by atoms with Gasteiger partial charge in [-0.1, -0.05) is 66.5 Å². The van der Waals surface area contributed by atoms with E-state index >= 15 is 0 Å². The number of aliphatic hydroxyl groups is 22. The average Bonchev–Trinajstić information content (AvgIpc) is 0.671. The first kappa shape index (κ1) is 114. The Kier molecular flexibility index (Phi) is 36.9. The molecule has 53 atom stereocenters. The second kappa shape index (κ2) is 46.5. The summed E-state index contributed by atoms with van der Waals surface area (Å²) in [5.41, 5.74) is -1.10. The van der Waals surface area contributed by atoms with Gasteiger partial charge in [-0.3, -0.25) is 24.1 Å². The van der Waals surface area contributed by atoms with Crippen LogP contribution < -0.4 is 5.43 Å². The molecule has 15 rings (SSSR count). The van der Waals surface area contributed by atoms with E-state index in [1.807, 2.05) is 13.8 Å². The maximum atomic E-state index is 14.1. The fourth-order valence-electron chi connectivity index (χ4n) is 25.8. The smallest absolute Gasteiger partial charge is 0.295 e. The van der Waals surface area contributed by atoms with Gasteiger partial charge in [0, 0.05) is 54.5 Å². The van der Waals surface area contributed by atoms with Gasteiger partial charge in [0.15, 0.2) is 56.6 Å². The van der Waals surface area contributed by atoms with Crippen LogP contribution in [0.3, 0.4) is 0 Å². The molecule has 0 radical (unpaired) electrons. The van der Waals surface area contributed by atoms with Crippen molar-refractivity contribution in [2.75, 3.05) is 51.9 Å². The van der Waals surface area contributed by atoms with Gasteiger partial charge in [0.1, 0.15) is 153 Å². The number of nitrogens with one attached hydrogen (secondary N) is 1. The standard InChI is InChI=1S/C95H153N3O45S/c1-38-39(2)129-88(71(121)74(38)138-81-66(116)59(109)45(103)33-125-81)133-48-27-49(134-85-70(120)65(115)75(41(4)131-85)139-83-72(122)76(47(105)35-127-83)140-86-68(118)63(113)61(111)50(31-100)135-86)80(130-40(48)3)132-42(5)95-23-22-90(6,7)29-44(95)43-16-17-54-91(8)20-19-56(137-89-78(142-87-69(119)64(114)62(112)51(32-101)136-87)77(73(123)84(143-89)128-37-102)141-82-67(117)60(110)46(104)34-126-82)92(9,53(91)18-21-93(54,10)94(43,11)30-55(95)106)36-96-97-57(107)15-13-12-14-24-98-58(108)28-52(79(98)124)144-26-25-99/h16,36-42,44-56,59-78,80-89,99-101,103-106,109-123H,12-15,17-35H2,1-11H3,(H,97,107)/b96-36+/t38?,39?,40?,41?,42?,44?,45?,46?,47?,48?,49?,50?,51?,52?,53?,54?,55-,56+,59?,60?,61?,62?,63?,64?,65?,66?,67?,68?,69?,70?,71?,72?,73?,74?,75?,76?,77?,78?,80?,81?,82?,83?,84?,85?,86?,87?,88?,89?,91+,92+,93-,94-,95-/m1/s1. The van der Waals surface area contributed by atoms with Crippen molar-refractivity contribution in [2.45, 2.75) is 442 Å². The first-order valence-corrected chi connectivity index (χ1v) is 51.6. The fraction of sp³-hybridized carbons (Fsp3) is 0.926. The monoisotopic (exact) mass is 2090 g/mol. The van der Waals surface area contributed by atoms with Gasteiger partial charge in [-0.2, -0.15) is 5.10 Å². The second-order valence-electron chi connectivity index (χ2n) is 43.9. The number of thioether (sulfide) groups is 1. The van der Waals surface area contributed by atoms with Crippen molar-refractivity contribution in [1.82, 2.24) is 10.3 Å². The number of unbranched alkanes of at least 4 members (excludes halogenated alkanes) is 2. The molecule has 15 aliphatic rings. The number of imide groups is 1. The van der Waals surface area contributed by atoms with Crippen LogP contribution in [0.4, 0.5) is 0 Å². The number of carbonyl (C=O) groups excluding carboxylic acids is 4. The van der Waals surface area contributed by atoms with Crippen LogP contribution in [0.15, 0.2) is 16.8 Å². The van der Waals surface area contributed by atoms with E-state index in [1.54, 1.807) is 27.0 Å². The summed E-state index contributed by atoms with van der Waals surface area (Å²) in [6.07, 6.45) is -61.9. The van der Waals surface area contributed by atoms with Crippen LogP contribution >= 0.6 is 11.8 Å². The Morgan fingerprint density at radius 3 is 1.69 bits per heavy atom. The molecule has 0 bridgehead atoms. The summed E-state index contributed by atoms with van der Waals surface area (Å²) >= 11 is 1.21. The summed E-state index contributed by atoms with van der Waals surface area (Å²) in [6.45, 7) is 18.1. The molecule has 23 N–H and O–H groups in total. The molecule has 824 valence electrons. The van der Waals surface area contributed by atoms with E-state index in [0.29, 0.717) is 70.0 Å². The predicted octanol–water partition coefficient (Wildman–Crippen LogP) is -6.14. The van der Waals surface area contributed by atoms with Crippen molar-refractivity contribution in [3.63, 3.8) is 0 Å². The summed E-state index contributed by atoms with van der Waals surface area (Å²) in [5, 5.41) is 250. The third-order valence-corrected chi connectivity index (χ3v) is 35.8. The lowest BCUT2D eigenvalue weighted by Gasteiger charge is -2.72. The largest absolute Gasteiger partial charge is 0.435 e. The molecule has 10 aliphatic heterocycles. The SMILES string of the molecule is CC1OC(OC(C)[C@]23CCC(C)(C)CC2C2=CCC4[C@@]5(C)CC[C@H](OC6OC(OC=O)C(O)C(OC7OCC(O)C(O)C7O)C6OC6OC(CO)C(O)C(O)C6O)[C@@](C)(/C=N/NC(=O)CCCCCN6C(=O)CC(SCCO)C6=O)C5CC[C@@]4(C)[C@]2(C)C[C@H]3O)C(OC2OC(C)C(OC3OCC(O)C(OC4OC(CO)C(O)C(O)C4O)C3O)C(O)C2O)CC1OC1OC(C)C(C)C(OC2OCC(O)C(O)C2O)C1O. The zero-order valence-electron chi connectivity index (χ0n) is 82.7. The molecule has 0 spiro atoms. The number of carbonyl (C=O) groups is 4. The van der Waals surface area contributed by atoms with Crippen LogP contribution in [0, 0.1) is 56.2 Å². The van der Waals surface area contributed by atoms with Crippen molar-refractivity contribution in [3.05, 3.63) is 11.6 Å². The molecular weight excluding hydrogens is 1940 g/mol. The topological polar surface area (TPSA) is 716 Å². The first-order valence-electron chi connectivity index (χ1n) is 50.6. The van der Waals surface area contributed by atoms with Crippen LogP contribution in [-0.2, 0) is 109 Å². The Balaban J connectivity index is 0.718. The molecule has 49 heteroatoms. The highest BCUT2D eigenvalue weighted by Crippen LogP contribution is 2.77. The normalized spacial score (nSPS) is 50.7. The van der Waals surface area contributed by atoms with E-state index in [2.05, 4.69) is 46.1 Å². The predicted molar refractivity (Wildman–Crippen MR) is 485 cm³/mol. The van der Waals surface area contributed by atoms with Gasteiger partial charge in [-0.25, -0.2) is 5.43 Å². The van der Waals surface area contributed by atoms with Gasteiger partial charge in [0.2, 0.25) is 24.0 Å². The van der Waals surface area contributed by atoms with Crippen LogP contribution in [0.25, 0.3) is 0 Å². The number of hydrogen-bond acceptors (Lipinski definition) is 47. The lowest BCUT2D eigenvalue weighted by Crippen LogP contribution is -2.69. The molecule has 4 saturated carbocycles. The first-order chi connectivity index (χ1) is 68.0. The average molecular weight is 2090 g/mol. The number of hydrazone groups is 1. The molecule has 0 aromatic rings. The quantitative estimate of drug-likeness (QED) is 0.00542. The number of amides is 3. The number of hydrogen-bond donors (Lipinski definition) is 23. The highest BCUT2D eigenvalue weighted by atomic mass is 32.2. The van der Waals surface area contributed by atoms with E-state index in [-0.39, 0.29) is 74.9 Å². The highest BCUT2D eigenvalue weighted by molar-refractivity contribution is 8.00. The van der Waals surface area contributed by atoms with Gasteiger partial charge in [-0.05, 0) is 138 Å². The van der Waals surface area contributed by atoms with Crippen molar-refractivity contribution in [2.24, 2.45) is 61.3 Å². The van der Waals surface area contributed by atoms with E-state index in [9.17, 15) is 132 Å². The number of nitrogens with zero attached hydrogens (tertiary/aromatic N) is 2. The van der Waals surface area contributed by atoms with E-state index in [0.717, 1.165) is 5.57 Å². The molecule has 10 heterocycles. The zero-order chi connectivity index (χ0) is 105. The molecule has 144 heavy (non-hydrogen) atoms. The summed E-state index contributed by atoms with van der Waals surface area (Å²) in [6, 6.07) is 0. The Hall–Kier alpha value is -3.76. The highest BCUT2D eigenvalue weighted by Gasteiger charge is 2.73. The lowest BCUT2D eigenvalue weighted by atomic mass is 9.33. The second-order valence-corrected chi connectivity index (χ2v) is 45.2. The van der Waals surface area contributed by atoms with Gasteiger partial charge in [0.05, 0.1) is 93.7 Å². The van der Waals surface area contributed by atoms with Crippen molar-refractivity contribution in [3.8, 4) is 0 Å². The fourth-order valence-corrected chi connectivity index (χ4v) is 26.7. The van der Waals surface area contributed by atoms with Gasteiger partial charge < -0.3 is 202 Å². The van der Waals surface area contributed by atoms with Crippen LogP contribution in [0.2, 0.25) is 0 Å². The van der Waals surface area contributed by atoms with E-state index < -0.39 is 353 Å². The molecule has 0 aromatic heterocycles. The Morgan fingerprint density at radius 2 is 1.06 bits per heavy atom. The molecule has 3 amide bonds. The van der Waals surface area contributed by atoms with E-state index in [1.165, 1.54) is 23.6 Å². The Labute approximate surface area is 837 Å². The third kappa shape index (κ3) is 22.2. The summed E-state index contributed by atoms with van der Waals surface area (Å²) < 4.78 is 119. The lowest BCUT2D eigenvalue weighted by molar-refractivity contribution is -0.410. The number of aliphatic hydroxyl groups excluding tert-OH is 22. The molecule has 0 aromatic carbocycles. The van der Waals surface area contributed by atoms with Crippen molar-refractivity contribution in [1.29, 1.82) is 0 Å². The summed E-state index contributed by atoms with van der Waals surface area (Å²) in [4.78, 5) is 53.8. The number of ether oxygens (including phenoxy) is 19. The number of fused-ring (bicyclic) bond motifs is 7. The van der Waals surface area contributed by atoms with Gasteiger partial charge in [-0.15, -0.1) is 11.8 Å². The van der Waals surface area contributed by atoms with Gasteiger partial charge >= 0.3 is 0 Å². The van der Waals surface area contributed by atoms with Crippen LogP contribution in [0.1, 0.15) is 172 Å². The third-order valence-electron chi connectivity index (χ3n) is 34.6. The molecule has 14 fully saturated rings. The van der Waals surface area contributed by atoms with Crippen molar-refractivity contribution >= 4 is 42.2 Å². The molecular formula is C95H153N3O45S. The number of likely N-dealkylation sites (tertiary alicyclic amines) is 1. The minimum atomic E-state index is -2.11. The summed E-state index contributed by atoms with van der Waals surface area (Å²) in [7, 11) is 0. The zero-order valence-corrected chi connectivity index (χ0v) is 83.6. The molecule has 5 aliphatic carbocycles. The molecule has 10 saturated heterocycles. The van der Waals surface area contributed by atoms with Gasteiger partial charge in [0.25, 0.3) is 6.47 Å². The molecule has 48 nitrogen and oxygen atoms in total. The molecule has 46 unspecified atom stereocenters. The maximum Gasteiger partial charge on any atom is 0.295 e. The van der Waals surface area contributed by atoms with Crippen molar-refractivity contribution < 1.29 is 222 Å². The van der Waals surface area contributed by atoms with E-state index in [4.69, 9.17) is 95.1 Å². The minimum absolute atomic E-state index is 0.0189. The number of rotatable bonds is 34. The maximum absolute atomic E-state index is 14.1. The summed E-state index contributed by atoms with van der Waals surface area (Å²) in [5.74, 6) is -2.54. The van der Waals surface area contributed by atoms with Crippen LogP contribution in [0.5, 0.6) is 0 Å². The number of allylic oxidation sites excluding steroid dienone is 2. The Morgan fingerprint density at radius 1 is 0.521 bits per heavy atom. The Bertz CT molecular complexity index is 4320. The minimum Gasteiger partial charge on any atom is -0.435 e.